The van der Waals surface area contributed by atoms with Crippen LogP contribution >= 0.6 is 0 Å². The van der Waals surface area contributed by atoms with Crippen LogP contribution in [0.5, 0.6) is 0 Å². The first-order chi connectivity index (χ1) is 13.1. The quantitative estimate of drug-likeness (QED) is 0.500. The smallest absolute Gasteiger partial charge is 0.256 e. The molecule has 0 saturated carbocycles. The highest BCUT2D eigenvalue weighted by molar-refractivity contribution is 6.08. The number of carbonyl (C=O) groups is 1. The van der Waals surface area contributed by atoms with E-state index >= 15 is 0 Å². The molecule has 27 heavy (non-hydrogen) atoms. The molecule has 0 unspecified atom stereocenters. The van der Waals surface area contributed by atoms with Gasteiger partial charge in [-0.2, -0.15) is 5.10 Å². The van der Waals surface area contributed by atoms with Crippen molar-refractivity contribution in [3.63, 3.8) is 0 Å². The van der Waals surface area contributed by atoms with Crippen molar-refractivity contribution in [1.29, 1.82) is 0 Å². The Kier molecular flexibility index (Phi) is 4.47. The van der Waals surface area contributed by atoms with Gasteiger partial charge in [-0.25, -0.2) is 0 Å². The van der Waals surface area contributed by atoms with Crippen molar-refractivity contribution in [3.8, 4) is 11.1 Å². The number of nitrogens with zero attached hydrogens (tertiary/aromatic N) is 1. The molecule has 4 aromatic rings. The number of hydrogen-bond donors (Lipinski definition) is 2. The van der Waals surface area contributed by atoms with Gasteiger partial charge in [0.05, 0.1) is 5.52 Å². The van der Waals surface area contributed by atoms with Gasteiger partial charge in [-0.3, -0.25) is 9.89 Å². The van der Waals surface area contributed by atoms with Gasteiger partial charge >= 0.3 is 0 Å². The fourth-order valence-electron chi connectivity index (χ4n) is 3.12. The van der Waals surface area contributed by atoms with Crippen LogP contribution in [-0.2, 0) is 0 Å². The van der Waals surface area contributed by atoms with Gasteiger partial charge < -0.3 is 5.32 Å². The fraction of sp³-hybridized carbons (Fsp3) is 0.130. The first kappa shape index (κ1) is 17.0. The fourth-order valence-corrected chi connectivity index (χ4v) is 3.12. The van der Waals surface area contributed by atoms with Crippen molar-refractivity contribution in [2.45, 2.75) is 19.8 Å². The lowest BCUT2D eigenvalue weighted by Gasteiger charge is -2.07. The number of nitrogens with one attached hydrogen (secondary N) is 2. The highest BCUT2D eigenvalue weighted by atomic mass is 16.1. The molecular weight excluding hydrogens is 334 g/mol. The van der Waals surface area contributed by atoms with E-state index in [1.165, 1.54) is 5.56 Å². The number of H-pyrrole nitrogens is 1. The molecule has 3 aromatic carbocycles. The summed E-state index contributed by atoms with van der Waals surface area (Å²) in [4.78, 5) is 12.4. The molecule has 4 nitrogen and oxygen atoms in total. The van der Waals surface area contributed by atoms with Gasteiger partial charge in [-0.05, 0) is 46.9 Å². The number of fused-ring (bicyclic) bond motifs is 1. The van der Waals surface area contributed by atoms with Gasteiger partial charge in [0, 0.05) is 10.9 Å². The Morgan fingerprint density at radius 1 is 0.926 bits per heavy atom. The van der Waals surface area contributed by atoms with Gasteiger partial charge in [0.2, 0.25) is 0 Å². The maximum atomic E-state index is 12.4. The maximum Gasteiger partial charge on any atom is 0.256 e. The van der Waals surface area contributed by atoms with E-state index in [9.17, 15) is 4.79 Å². The molecule has 134 valence electrons. The summed E-state index contributed by atoms with van der Waals surface area (Å²) in [5.74, 6) is 0.892. The number of benzene rings is 3. The summed E-state index contributed by atoms with van der Waals surface area (Å²) < 4.78 is 0. The molecule has 0 atom stereocenters. The minimum absolute atomic E-state index is 0.169. The average Bonchev–Trinajstić information content (AvgIpc) is 3.10. The molecule has 4 rings (SSSR count). The van der Waals surface area contributed by atoms with Crippen molar-refractivity contribution >= 4 is 22.6 Å². The molecule has 1 amide bonds. The second-order valence-electron chi connectivity index (χ2n) is 6.93. The Labute approximate surface area is 158 Å². The summed E-state index contributed by atoms with van der Waals surface area (Å²) in [6.45, 7) is 4.38. The van der Waals surface area contributed by atoms with Gasteiger partial charge in [-0.15, -0.1) is 0 Å². The van der Waals surface area contributed by atoms with Gasteiger partial charge in [0.25, 0.3) is 5.91 Å². The van der Waals surface area contributed by atoms with E-state index in [1.807, 2.05) is 24.3 Å². The lowest BCUT2D eigenvalue weighted by Crippen LogP contribution is -2.12. The highest BCUT2D eigenvalue weighted by Gasteiger charge is 2.12. The molecule has 0 bridgehead atoms. The Hall–Kier alpha value is -3.40. The normalized spacial score (nSPS) is 11.1. The van der Waals surface area contributed by atoms with Crippen LogP contribution < -0.4 is 5.32 Å². The monoisotopic (exact) mass is 355 g/mol. The largest absolute Gasteiger partial charge is 0.305 e. The van der Waals surface area contributed by atoms with Crippen LogP contribution in [0.15, 0.2) is 72.8 Å². The summed E-state index contributed by atoms with van der Waals surface area (Å²) in [6.07, 6.45) is 0. The predicted octanol–water partition coefficient (Wildman–Crippen LogP) is 5.61. The molecule has 0 spiro atoms. The number of anilines is 1. The SMILES string of the molecule is CC(C)c1ccc(-c2ccc3c(NC(=O)c4ccccc4)n[nH]c3c2)cc1. The lowest BCUT2D eigenvalue weighted by molar-refractivity contribution is 0.102. The van der Waals surface area contributed by atoms with E-state index < -0.39 is 0 Å². The number of rotatable bonds is 4. The van der Waals surface area contributed by atoms with Crippen molar-refractivity contribution in [1.82, 2.24) is 10.2 Å². The molecule has 4 heteroatoms. The van der Waals surface area contributed by atoms with Crippen molar-refractivity contribution in [2.75, 3.05) is 5.32 Å². The summed E-state index contributed by atoms with van der Waals surface area (Å²) in [5.41, 5.74) is 5.10. The Morgan fingerprint density at radius 3 is 2.33 bits per heavy atom. The van der Waals surface area contributed by atoms with Crippen molar-refractivity contribution in [2.24, 2.45) is 0 Å². The number of aromatic nitrogens is 2. The molecule has 0 aliphatic rings. The second-order valence-corrected chi connectivity index (χ2v) is 6.93. The zero-order valence-corrected chi connectivity index (χ0v) is 15.4. The summed E-state index contributed by atoms with van der Waals surface area (Å²) in [5, 5.41) is 11.1. The molecular formula is C23H21N3O. The topological polar surface area (TPSA) is 57.8 Å². The van der Waals surface area contributed by atoms with E-state index in [0.717, 1.165) is 22.0 Å². The van der Waals surface area contributed by atoms with Crippen LogP contribution in [0.4, 0.5) is 5.82 Å². The van der Waals surface area contributed by atoms with Gasteiger partial charge in [-0.1, -0.05) is 62.4 Å². The molecule has 0 aliphatic heterocycles. The molecule has 1 heterocycles. The third-order valence-corrected chi connectivity index (χ3v) is 4.74. The molecule has 0 radical (unpaired) electrons. The summed E-state index contributed by atoms with van der Waals surface area (Å²) in [6, 6.07) is 23.9. The third kappa shape index (κ3) is 3.47. The minimum Gasteiger partial charge on any atom is -0.305 e. The van der Waals surface area contributed by atoms with Gasteiger partial charge in [0.1, 0.15) is 0 Å². The minimum atomic E-state index is -0.169. The number of aromatic amines is 1. The first-order valence-electron chi connectivity index (χ1n) is 9.06. The first-order valence-corrected chi connectivity index (χ1v) is 9.06. The summed E-state index contributed by atoms with van der Waals surface area (Å²) >= 11 is 0. The maximum absolute atomic E-state index is 12.4. The van der Waals surface area contributed by atoms with Crippen LogP contribution in [0.3, 0.4) is 0 Å². The van der Waals surface area contributed by atoms with Crippen LogP contribution in [0.2, 0.25) is 0 Å². The second kappa shape index (κ2) is 7.08. The molecule has 0 fully saturated rings. The third-order valence-electron chi connectivity index (χ3n) is 4.74. The average molecular weight is 355 g/mol. The van der Waals surface area contributed by atoms with E-state index in [0.29, 0.717) is 17.3 Å². The Bertz CT molecular complexity index is 1080. The standard InChI is InChI=1S/C23H21N3O/c1-15(2)16-8-10-17(11-9-16)19-12-13-20-21(14-19)25-26-22(20)24-23(27)18-6-4-3-5-7-18/h3-15H,1-2H3,(H2,24,25,26,27). The lowest BCUT2D eigenvalue weighted by atomic mass is 9.98. The van der Waals surface area contributed by atoms with Crippen LogP contribution in [0, 0.1) is 0 Å². The van der Waals surface area contributed by atoms with Crippen molar-refractivity contribution < 1.29 is 4.79 Å². The summed E-state index contributed by atoms with van der Waals surface area (Å²) in [7, 11) is 0. The molecule has 1 aromatic heterocycles. The van der Waals surface area contributed by atoms with Crippen LogP contribution in [0.25, 0.3) is 22.0 Å². The Morgan fingerprint density at radius 2 is 1.63 bits per heavy atom. The van der Waals surface area contributed by atoms with E-state index in [2.05, 4.69) is 65.8 Å². The molecule has 0 saturated heterocycles. The zero-order chi connectivity index (χ0) is 18.8. The van der Waals surface area contributed by atoms with E-state index in [1.54, 1.807) is 12.1 Å². The predicted molar refractivity (Wildman–Crippen MR) is 110 cm³/mol. The van der Waals surface area contributed by atoms with E-state index in [4.69, 9.17) is 0 Å². The van der Waals surface area contributed by atoms with E-state index in [-0.39, 0.29) is 5.91 Å². The molecule has 2 N–H and O–H groups in total. The number of amides is 1. The Balaban J connectivity index is 1.61. The van der Waals surface area contributed by atoms with Crippen LogP contribution in [0.1, 0.15) is 35.7 Å². The van der Waals surface area contributed by atoms with Crippen molar-refractivity contribution in [3.05, 3.63) is 83.9 Å². The zero-order valence-electron chi connectivity index (χ0n) is 15.4. The van der Waals surface area contributed by atoms with Gasteiger partial charge in [0.15, 0.2) is 5.82 Å². The number of carbonyl (C=O) groups excluding carboxylic acids is 1. The molecule has 0 aliphatic carbocycles. The highest BCUT2D eigenvalue weighted by Crippen LogP contribution is 2.28. The number of hydrogen-bond acceptors (Lipinski definition) is 2. The van der Waals surface area contributed by atoms with Crippen LogP contribution in [-0.4, -0.2) is 16.1 Å².